The highest BCUT2D eigenvalue weighted by molar-refractivity contribution is 5.97. The van der Waals surface area contributed by atoms with E-state index in [2.05, 4.69) is 0 Å². The molecular weight excluding hydrogens is 318 g/mol. The number of carbonyl (C=O) groups is 2. The largest absolute Gasteiger partial charge is 0.492 e. The van der Waals surface area contributed by atoms with Gasteiger partial charge in [0.25, 0.3) is 5.91 Å². The van der Waals surface area contributed by atoms with Crippen LogP contribution in [0.25, 0.3) is 0 Å². The number of para-hydroxylation sites is 1. The van der Waals surface area contributed by atoms with Crippen LogP contribution < -0.4 is 4.74 Å². The van der Waals surface area contributed by atoms with Crippen LogP contribution in [0.4, 0.5) is 0 Å². The van der Waals surface area contributed by atoms with Crippen LogP contribution in [-0.2, 0) is 16.0 Å². The van der Waals surface area contributed by atoms with E-state index in [1.807, 2.05) is 42.5 Å². The van der Waals surface area contributed by atoms with Crippen molar-refractivity contribution in [3.63, 3.8) is 0 Å². The molecule has 0 radical (unpaired) electrons. The van der Waals surface area contributed by atoms with E-state index in [0.717, 1.165) is 11.3 Å². The zero-order valence-corrected chi connectivity index (χ0v) is 14.4. The van der Waals surface area contributed by atoms with Gasteiger partial charge in [-0.1, -0.05) is 36.4 Å². The lowest BCUT2D eigenvalue weighted by Crippen LogP contribution is -2.52. The second-order valence-corrected chi connectivity index (χ2v) is 6.34. The van der Waals surface area contributed by atoms with Gasteiger partial charge in [-0.15, -0.1) is 0 Å². The number of amides is 1. The van der Waals surface area contributed by atoms with Gasteiger partial charge >= 0.3 is 5.97 Å². The molecule has 5 nitrogen and oxygen atoms in total. The molecule has 0 spiro atoms. The van der Waals surface area contributed by atoms with Gasteiger partial charge in [0.2, 0.25) is 0 Å². The molecule has 130 valence electrons. The molecule has 2 aromatic rings. The minimum Gasteiger partial charge on any atom is -0.492 e. The second kappa shape index (κ2) is 6.97. The van der Waals surface area contributed by atoms with E-state index in [4.69, 9.17) is 9.47 Å². The predicted octanol–water partition coefficient (Wildman–Crippen LogP) is 2.70. The molecule has 0 fully saturated rings. The van der Waals surface area contributed by atoms with E-state index in [1.54, 1.807) is 31.0 Å². The highest BCUT2D eigenvalue weighted by Crippen LogP contribution is 2.29. The molecule has 1 amide bonds. The summed E-state index contributed by atoms with van der Waals surface area (Å²) in [5, 5.41) is 0. The zero-order valence-electron chi connectivity index (χ0n) is 14.4. The Morgan fingerprint density at radius 2 is 1.84 bits per heavy atom. The first-order valence-corrected chi connectivity index (χ1v) is 8.24. The third-order valence-corrected chi connectivity index (χ3v) is 4.32. The number of nitrogens with zero attached hydrogens (tertiary/aromatic N) is 1. The van der Waals surface area contributed by atoms with Crippen LogP contribution in [0, 0.1) is 0 Å². The van der Waals surface area contributed by atoms with E-state index in [9.17, 15) is 9.59 Å². The van der Waals surface area contributed by atoms with Crippen LogP contribution in [0.3, 0.4) is 0 Å². The average Bonchev–Trinajstić information content (AvgIpc) is 2.62. The highest BCUT2D eigenvalue weighted by atomic mass is 16.6. The van der Waals surface area contributed by atoms with Gasteiger partial charge in [-0.05, 0) is 30.7 Å². The summed E-state index contributed by atoms with van der Waals surface area (Å²) in [5.41, 5.74) is 0.179. The molecule has 0 N–H and O–H groups in total. The Morgan fingerprint density at radius 3 is 2.60 bits per heavy atom. The summed E-state index contributed by atoms with van der Waals surface area (Å²) in [6.45, 7) is 2.44. The van der Waals surface area contributed by atoms with Crippen molar-refractivity contribution in [2.45, 2.75) is 18.9 Å². The molecule has 1 atom stereocenters. The average molecular weight is 339 g/mol. The van der Waals surface area contributed by atoms with Crippen molar-refractivity contribution in [2.24, 2.45) is 0 Å². The first kappa shape index (κ1) is 17.0. The maximum absolute atomic E-state index is 12.8. The molecule has 0 aliphatic carbocycles. The SMILES string of the molecule is CN(CCOc1ccccc1)C(=O)C1(C)Cc2ccccc2C(=O)O1. The molecule has 1 aliphatic heterocycles. The maximum atomic E-state index is 12.8. The number of benzene rings is 2. The summed E-state index contributed by atoms with van der Waals surface area (Å²) in [6, 6.07) is 16.7. The van der Waals surface area contributed by atoms with Crippen LogP contribution in [0.5, 0.6) is 5.75 Å². The number of likely N-dealkylation sites (N-methyl/N-ethyl adjacent to an activating group) is 1. The number of hydrogen-bond acceptors (Lipinski definition) is 4. The molecule has 1 heterocycles. The Balaban J connectivity index is 1.63. The standard InChI is InChI=1S/C20H21NO4/c1-20(14-15-8-6-7-11-17(15)18(22)25-20)19(23)21(2)12-13-24-16-9-4-3-5-10-16/h3-11H,12-14H2,1-2H3. The Labute approximate surface area is 147 Å². The van der Waals surface area contributed by atoms with E-state index in [1.165, 1.54) is 0 Å². The molecule has 25 heavy (non-hydrogen) atoms. The summed E-state index contributed by atoms with van der Waals surface area (Å²) in [5.74, 6) is 0.0752. The minimum atomic E-state index is -1.19. The summed E-state index contributed by atoms with van der Waals surface area (Å²) < 4.78 is 11.1. The van der Waals surface area contributed by atoms with Crippen LogP contribution >= 0.6 is 0 Å². The zero-order chi connectivity index (χ0) is 17.9. The fourth-order valence-electron chi connectivity index (χ4n) is 2.97. The Kier molecular flexibility index (Phi) is 4.74. The Morgan fingerprint density at radius 1 is 1.16 bits per heavy atom. The molecule has 2 aromatic carbocycles. The van der Waals surface area contributed by atoms with Crippen molar-refractivity contribution in [3.05, 3.63) is 65.7 Å². The summed E-state index contributed by atoms with van der Waals surface area (Å²) in [4.78, 5) is 26.6. The van der Waals surface area contributed by atoms with Crippen LogP contribution in [0.15, 0.2) is 54.6 Å². The lowest BCUT2D eigenvalue weighted by molar-refractivity contribution is -0.150. The molecule has 0 saturated carbocycles. The van der Waals surface area contributed by atoms with Crippen LogP contribution in [0.2, 0.25) is 0 Å². The van der Waals surface area contributed by atoms with Gasteiger partial charge in [-0.3, -0.25) is 4.79 Å². The van der Waals surface area contributed by atoms with Crippen molar-refractivity contribution in [1.29, 1.82) is 0 Å². The van der Waals surface area contributed by atoms with E-state index in [-0.39, 0.29) is 5.91 Å². The number of esters is 1. The molecule has 3 rings (SSSR count). The van der Waals surface area contributed by atoms with Crippen molar-refractivity contribution in [2.75, 3.05) is 20.2 Å². The number of cyclic esters (lactones) is 1. The van der Waals surface area contributed by atoms with Gasteiger partial charge in [-0.25, -0.2) is 4.79 Å². The number of fused-ring (bicyclic) bond motifs is 1. The molecule has 0 saturated heterocycles. The second-order valence-electron chi connectivity index (χ2n) is 6.34. The lowest BCUT2D eigenvalue weighted by Gasteiger charge is -2.35. The topological polar surface area (TPSA) is 55.8 Å². The smallest absolute Gasteiger partial charge is 0.339 e. The molecule has 1 aliphatic rings. The van der Waals surface area contributed by atoms with Gasteiger partial charge in [0, 0.05) is 13.5 Å². The van der Waals surface area contributed by atoms with Gasteiger partial charge in [0.1, 0.15) is 12.4 Å². The first-order valence-electron chi connectivity index (χ1n) is 8.24. The van der Waals surface area contributed by atoms with Crippen molar-refractivity contribution in [3.8, 4) is 5.75 Å². The van der Waals surface area contributed by atoms with Crippen LogP contribution in [0.1, 0.15) is 22.8 Å². The highest BCUT2D eigenvalue weighted by Gasteiger charge is 2.43. The molecule has 1 unspecified atom stereocenters. The first-order chi connectivity index (χ1) is 12.0. The third kappa shape index (κ3) is 3.65. The van der Waals surface area contributed by atoms with E-state index >= 15 is 0 Å². The number of hydrogen-bond donors (Lipinski definition) is 0. The number of carbonyl (C=O) groups excluding carboxylic acids is 2. The Bertz CT molecular complexity index is 774. The molecule has 0 aromatic heterocycles. The minimum absolute atomic E-state index is 0.230. The molecular formula is C20H21NO4. The number of ether oxygens (including phenoxy) is 2. The van der Waals surface area contributed by atoms with Gasteiger partial charge in [-0.2, -0.15) is 0 Å². The van der Waals surface area contributed by atoms with Crippen molar-refractivity contribution < 1.29 is 19.1 Å². The van der Waals surface area contributed by atoms with Gasteiger partial charge in [0.15, 0.2) is 5.60 Å². The van der Waals surface area contributed by atoms with Crippen molar-refractivity contribution >= 4 is 11.9 Å². The molecule has 0 bridgehead atoms. The lowest BCUT2D eigenvalue weighted by atomic mass is 9.89. The Hall–Kier alpha value is -2.82. The van der Waals surface area contributed by atoms with E-state index in [0.29, 0.717) is 25.1 Å². The quantitative estimate of drug-likeness (QED) is 0.786. The van der Waals surface area contributed by atoms with Crippen LogP contribution in [-0.4, -0.2) is 42.6 Å². The normalized spacial score (nSPS) is 18.9. The third-order valence-electron chi connectivity index (χ3n) is 4.32. The summed E-state index contributed by atoms with van der Waals surface area (Å²) >= 11 is 0. The summed E-state index contributed by atoms with van der Waals surface area (Å²) in [7, 11) is 1.69. The molecule has 5 heteroatoms. The van der Waals surface area contributed by atoms with Gasteiger partial charge < -0.3 is 14.4 Å². The predicted molar refractivity (Wildman–Crippen MR) is 93.5 cm³/mol. The van der Waals surface area contributed by atoms with Crippen molar-refractivity contribution in [1.82, 2.24) is 4.90 Å². The van der Waals surface area contributed by atoms with Gasteiger partial charge in [0.05, 0.1) is 12.1 Å². The fraction of sp³-hybridized carbons (Fsp3) is 0.300. The fourth-order valence-corrected chi connectivity index (χ4v) is 2.97. The summed E-state index contributed by atoms with van der Waals surface area (Å²) in [6.07, 6.45) is 0.373. The monoisotopic (exact) mass is 339 g/mol. The van der Waals surface area contributed by atoms with E-state index < -0.39 is 11.6 Å². The number of rotatable bonds is 5. The maximum Gasteiger partial charge on any atom is 0.339 e.